The number of aromatic nitrogens is 2. The summed E-state index contributed by atoms with van der Waals surface area (Å²) in [5.41, 5.74) is -0.594. The van der Waals surface area contributed by atoms with Gasteiger partial charge in [-0.3, -0.25) is 4.79 Å². The lowest BCUT2D eigenvalue weighted by Gasteiger charge is -2.16. The molecule has 1 atom stereocenters. The van der Waals surface area contributed by atoms with Crippen LogP contribution in [0.4, 0.5) is 13.2 Å². The fraction of sp³-hybridized carbons (Fsp3) is 0.190. The van der Waals surface area contributed by atoms with Crippen LogP contribution in [-0.2, 0) is 7.05 Å². The molecule has 3 aromatic rings. The molecule has 0 bridgehead atoms. The highest BCUT2D eigenvalue weighted by Gasteiger charge is 2.30. The number of ether oxygens (including phenoxy) is 1. The van der Waals surface area contributed by atoms with E-state index in [-0.39, 0.29) is 21.7 Å². The maximum Gasteiger partial charge on any atom is 0.335 e. The number of nitrogens with one attached hydrogen (secondary N) is 1. The number of hydrogen-bond donors (Lipinski definition) is 2. The predicted octanol–water partition coefficient (Wildman–Crippen LogP) is 5.24. The van der Waals surface area contributed by atoms with Crippen molar-refractivity contribution in [2.75, 3.05) is 0 Å². The van der Waals surface area contributed by atoms with Gasteiger partial charge in [0, 0.05) is 7.05 Å². The Morgan fingerprint density at radius 2 is 1.84 bits per heavy atom. The first-order valence-electron chi connectivity index (χ1n) is 9.20. The summed E-state index contributed by atoms with van der Waals surface area (Å²) in [6.07, 6.45) is -3.05. The number of nitrogens with zero attached hydrogens (tertiary/aromatic N) is 2. The quantitative estimate of drug-likeness (QED) is 0.452. The normalized spacial score (nSPS) is 12.0. The van der Waals surface area contributed by atoms with E-state index >= 15 is 0 Å². The van der Waals surface area contributed by atoms with Crippen LogP contribution in [-0.4, -0.2) is 26.8 Å². The van der Waals surface area contributed by atoms with Crippen LogP contribution in [0.1, 0.15) is 51.4 Å². The minimum atomic E-state index is -3.05. The number of hydrogen-bond acceptors (Lipinski definition) is 4. The molecule has 2 N–H and O–H groups in total. The fourth-order valence-corrected chi connectivity index (χ4v) is 3.29. The van der Waals surface area contributed by atoms with Crippen LogP contribution in [0.2, 0.25) is 0 Å². The third-order valence-electron chi connectivity index (χ3n) is 4.57. The third kappa shape index (κ3) is 4.93. The van der Waals surface area contributed by atoms with Crippen LogP contribution in [0.25, 0.3) is 0 Å². The van der Waals surface area contributed by atoms with E-state index in [9.17, 15) is 22.8 Å². The second-order valence-corrected chi connectivity index (χ2v) is 7.64. The Kier molecular flexibility index (Phi) is 6.87. The monoisotopic (exact) mass is 511 g/mol. The molecule has 1 unspecified atom stereocenters. The summed E-state index contributed by atoms with van der Waals surface area (Å²) in [6.45, 7) is 1.61. The molecule has 0 spiro atoms. The first-order valence-corrected chi connectivity index (χ1v) is 9.99. The maximum absolute atomic E-state index is 13.6. The molecule has 0 aliphatic carbocycles. The van der Waals surface area contributed by atoms with Gasteiger partial charge in [-0.15, -0.1) is 0 Å². The van der Waals surface area contributed by atoms with Crippen molar-refractivity contribution in [3.8, 4) is 11.6 Å². The van der Waals surface area contributed by atoms with E-state index in [1.165, 1.54) is 43.4 Å². The van der Waals surface area contributed by atoms with Gasteiger partial charge in [-0.2, -0.15) is 5.10 Å². The minimum Gasteiger partial charge on any atom is -0.478 e. The van der Waals surface area contributed by atoms with Gasteiger partial charge in [0.15, 0.2) is 0 Å². The zero-order valence-corrected chi connectivity index (χ0v) is 18.4. The molecule has 32 heavy (non-hydrogen) atoms. The number of aryl methyl sites for hydroxylation is 1. The van der Waals surface area contributed by atoms with E-state index in [0.717, 1.165) is 10.7 Å². The Labute approximate surface area is 188 Å². The largest absolute Gasteiger partial charge is 0.478 e. The van der Waals surface area contributed by atoms with Crippen molar-refractivity contribution in [1.82, 2.24) is 15.1 Å². The topological polar surface area (TPSA) is 93.5 Å². The van der Waals surface area contributed by atoms with Crippen LogP contribution < -0.4 is 10.1 Å². The van der Waals surface area contributed by atoms with Crippen molar-refractivity contribution in [2.45, 2.75) is 19.4 Å². The summed E-state index contributed by atoms with van der Waals surface area (Å²) in [6, 6.07) is 8.82. The molecular weight excluding hydrogens is 495 g/mol. The van der Waals surface area contributed by atoms with Gasteiger partial charge in [-0.05, 0) is 58.7 Å². The van der Waals surface area contributed by atoms with Gasteiger partial charge >= 0.3 is 5.97 Å². The Bertz CT molecular complexity index is 1170. The molecule has 2 aromatic carbocycles. The van der Waals surface area contributed by atoms with E-state index < -0.39 is 41.4 Å². The van der Waals surface area contributed by atoms with Gasteiger partial charge in [0.05, 0.1) is 16.1 Å². The molecule has 1 aromatic heterocycles. The number of amides is 1. The average Bonchev–Trinajstić information content (AvgIpc) is 3.07. The average molecular weight is 512 g/mol. The number of carboxylic acid groups (broad SMARTS) is 1. The second kappa shape index (κ2) is 9.43. The standard InChI is InChI=1S/C21H17BrF3N3O4/c1-10(11-3-5-12(6-4-11)21(30)31)26-19(29)16-17(18(24)25)27-28(2)20(16)32-13-7-8-15(23)14(22)9-13/h3-10,18H,1-2H3,(H,26,29)(H,30,31). The lowest BCUT2D eigenvalue weighted by atomic mass is 10.1. The van der Waals surface area contributed by atoms with Crippen molar-refractivity contribution in [1.29, 1.82) is 0 Å². The Hall–Kier alpha value is -3.34. The molecule has 3 rings (SSSR count). The number of aromatic carboxylic acids is 1. The lowest BCUT2D eigenvalue weighted by Crippen LogP contribution is -2.27. The molecule has 0 radical (unpaired) electrons. The van der Waals surface area contributed by atoms with Crippen LogP contribution in [0.15, 0.2) is 46.9 Å². The molecule has 0 aliphatic heterocycles. The molecular formula is C21H17BrF3N3O4. The molecule has 0 saturated carbocycles. The summed E-state index contributed by atoms with van der Waals surface area (Å²) < 4.78 is 47.4. The number of benzene rings is 2. The second-order valence-electron chi connectivity index (χ2n) is 6.79. The van der Waals surface area contributed by atoms with Gasteiger partial charge in [0.25, 0.3) is 12.3 Å². The smallest absolute Gasteiger partial charge is 0.335 e. The van der Waals surface area contributed by atoms with E-state index in [4.69, 9.17) is 9.84 Å². The number of carbonyl (C=O) groups is 2. The SMILES string of the molecule is CC(NC(=O)c1c(C(F)F)nn(C)c1Oc1ccc(F)c(Br)c1)c1ccc(C(=O)O)cc1. The number of alkyl halides is 2. The number of halogens is 4. The Balaban J connectivity index is 1.91. The molecule has 0 saturated heterocycles. The van der Waals surface area contributed by atoms with Gasteiger partial charge in [0.2, 0.25) is 5.88 Å². The van der Waals surface area contributed by atoms with E-state index in [1.807, 2.05) is 0 Å². The van der Waals surface area contributed by atoms with Crippen molar-refractivity contribution >= 4 is 27.8 Å². The summed E-state index contributed by atoms with van der Waals surface area (Å²) in [4.78, 5) is 23.9. The first-order chi connectivity index (χ1) is 15.1. The van der Waals surface area contributed by atoms with E-state index in [2.05, 4.69) is 26.3 Å². The predicted molar refractivity (Wildman–Crippen MR) is 112 cm³/mol. The molecule has 1 heterocycles. The van der Waals surface area contributed by atoms with Crippen LogP contribution >= 0.6 is 15.9 Å². The maximum atomic E-state index is 13.6. The minimum absolute atomic E-state index is 0.0701. The lowest BCUT2D eigenvalue weighted by molar-refractivity contribution is 0.0696. The Morgan fingerprint density at radius 1 is 1.19 bits per heavy atom. The number of carbonyl (C=O) groups excluding carboxylic acids is 1. The highest BCUT2D eigenvalue weighted by atomic mass is 79.9. The van der Waals surface area contributed by atoms with Gasteiger partial charge in [-0.1, -0.05) is 12.1 Å². The van der Waals surface area contributed by atoms with Crippen molar-refractivity contribution < 1.29 is 32.6 Å². The van der Waals surface area contributed by atoms with Crippen LogP contribution in [0, 0.1) is 5.82 Å². The highest BCUT2D eigenvalue weighted by Crippen LogP contribution is 2.34. The fourth-order valence-electron chi connectivity index (χ4n) is 2.93. The molecule has 7 nitrogen and oxygen atoms in total. The summed E-state index contributed by atoms with van der Waals surface area (Å²) in [7, 11) is 1.34. The van der Waals surface area contributed by atoms with Crippen LogP contribution in [0.3, 0.4) is 0 Å². The molecule has 0 fully saturated rings. The van der Waals surface area contributed by atoms with Gasteiger partial charge in [-0.25, -0.2) is 22.6 Å². The zero-order valence-electron chi connectivity index (χ0n) is 16.8. The summed E-state index contributed by atoms with van der Waals surface area (Å²) in [5, 5.41) is 15.3. The zero-order chi connectivity index (χ0) is 23.6. The molecule has 11 heteroatoms. The van der Waals surface area contributed by atoms with Gasteiger partial charge < -0.3 is 15.2 Å². The van der Waals surface area contributed by atoms with E-state index in [1.54, 1.807) is 6.92 Å². The highest BCUT2D eigenvalue weighted by molar-refractivity contribution is 9.10. The number of rotatable bonds is 7. The third-order valence-corrected chi connectivity index (χ3v) is 5.17. The van der Waals surface area contributed by atoms with Gasteiger partial charge in [0.1, 0.15) is 22.8 Å². The van der Waals surface area contributed by atoms with Crippen LogP contribution in [0.5, 0.6) is 11.6 Å². The molecule has 1 amide bonds. The molecule has 0 aliphatic rings. The van der Waals surface area contributed by atoms with Crippen molar-refractivity contribution in [2.24, 2.45) is 7.05 Å². The van der Waals surface area contributed by atoms with Crippen molar-refractivity contribution in [3.63, 3.8) is 0 Å². The summed E-state index contributed by atoms with van der Waals surface area (Å²) >= 11 is 3.01. The van der Waals surface area contributed by atoms with Crippen molar-refractivity contribution in [3.05, 3.63) is 75.1 Å². The molecule has 168 valence electrons. The van der Waals surface area contributed by atoms with E-state index in [0.29, 0.717) is 5.56 Å². The number of carboxylic acids is 1. The first kappa shape index (κ1) is 23.3. The summed E-state index contributed by atoms with van der Waals surface area (Å²) in [5.74, 6) is -2.65. The Morgan fingerprint density at radius 3 is 2.41 bits per heavy atom.